The minimum atomic E-state index is -0.667. The van der Waals surface area contributed by atoms with Gasteiger partial charge in [0.25, 0.3) is 11.8 Å². The van der Waals surface area contributed by atoms with Crippen LogP contribution in [-0.2, 0) is 9.59 Å². The number of hydrogen-bond acceptors (Lipinski definition) is 4. The number of carbonyl (C=O) groups is 3. The van der Waals surface area contributed by atoms with E-state index in [1.165, 1.54) is 25.1 Å². The van der Waals surface area contributed by atoms with Crippen molar-refractivity contribution in [1.29, 1.82) is 0 Å². The van der Waals surface area contributed by atoms with Crippen LogP contribution in [-0.4, -0.2) is 30.9 Å². The Balaban J connectivity index is 1.79. The molecule has 164 valence electrons. The first kappa shape index (κ1) is 23.8. The first-order valence-electron chi connectivity index (χ1n) is 9.06. The van der Waals surface area contributed by atoms with E-state index in [1.54, 1.807) is 0 Å². The third-order valence-electron chi connectivity index (χ3n) is 3.83. The largest absolute Gasteiger partial charge is 0.484 e. The van der Waals surface area contributed by atoms with Gasteiger partial charge in [-0.1, -0.05) is 18.2 Å². The number of amides is 3. The van der Waals surface area contributed by atoms with Crippen LogP contribution >= 0.6 is 11.6 Å². The van der Waals surface area contributed by atoms with Crippen molar-refractivity contribution in [3.8, 4) is 5.75 Å². The van der Waals surface area contributed by atoms with E-state index in [4.69, 9.17) is 16.3 Å². The normalized spacial score (nSPS) is 10.2. The molecular formula is C21H20ClF2N3O4. The molecule has 10 heteroatoms. The van der Waals surface area contributed by atoms with Crippen molar-refractivity contribution in [2.45, 2.75) is 13.3 Å². The maximum atomic E-state index is 13.5. The Morgan fingerprint density at radius 1 is 1.13 bits per heavy atom. The lowest BCUT2D eigenvalue weighted by Crippen LogP contribution is -2.31. The molecule has 0 radical (unpaired) electrons. The van der Waals surface area contributed by atoms with Crippen molar-refractivity contribution in [2.75, 3.05) is 18.5 Å². The zero-order valence-electron chi connectivity index (χ0n) is 16.6. The Morgan fingerprint density at radius 2 is 1.87 bits per heavy atom. The van der Waals surface area contributed by atoms with Crippen LogP contribution in [0, 0.1) is 11.6 Å². The van der Waals surface area contributed by atoms with E-state index in [0.717, 1.165) is 18.2 Å². The maximum absolute atomic E-state index is 13.5. The number of hydrogen-bond donors (Lipinski definition) is 3. The fraction of sp³-hybridized carbons (Fsp3) is 0.190. The first-order chi connectivity index (χ1) is 14.7. The second-order valence-electron chi connectivity index (χ2n) is 6.39. The first-order valence-corrected chi connectivity index (χ1v) is 9.44. The molecule has 0 aliphatic rings. The average Bonchev–Trinajstić information content (AvgIpc) is 2.69. The fourth-order valence-corrected chi connectivity index (χ4v) is 2.55. The summed E-state index contributed by atoms with van der Waals surface area (Å²) in [4.78, 5) is 35.4. The molecule has 3 N–H and O–H groups in total. The second-order valence-corrected chi connectivity index (χ2v) is 6.80. The number of carbonyl (C=O) groups excluding carboxylic acids is 3. The topological polar surface area (TPSA) is 96.5 Å². The van der Waals surface area contributed by atoms with E-state index >= 15 is 0 Å². The third kappa shape index (κ3) is 7.71. The van der Waals surface area contributed by atoms with Gasteiger partial charge in [-0.2, -0.15) is 0 Å². The van der Waals surface area contributed by atoms with E-state index in [2.05, 4.69) is 22.5 Å². The second kappa shape index (κ2) is 11.1. The van der Waals surface area contributed by atoms with Crippen LogP contribution in [0.5, 0.6) is 5.75 Å². The Kier molecular flexibility index (Phi) is 8.51. The lowest BCUT2D eigenvalue weighted by Gasteiger charge is -2.12. The van der Waals surface area contributed by atoms with Crippen LogP contribution in [0.25, 0.3) is 0 Å². The van der Waals surface area contributed by atoms with E-state index in [0.29, 0.717) is 5.70 Å². The molecule has 0 fully saturated rings. The number of rotatable bonds is 9. The molecule has 0 aliphatic heterocycles. The zero-order chi connectivity index (χ0) is 23.0. The number of ether oxygens (including phenoxy) is 1. The van der Waals surface area contributed by atoms with Gasteiger partial charge in [-0.3, -0.25) is 14.4 Å². The highest BCUT2D eigenvalue weighted by Crippen LogP contribution is 2.20. The standard InChI is InChI=1S/C21H20ClF2N3O4/c1-12(26-20(29)11-31-15-4-5-17(22)18(24)10-15)7-8-25-21(30)16-9-14(23)3-6-19(16)27-13(2)28/h3-6,9-10H,1,7-8,11H2,2H3,(H,25,30)(H,26,29)(H,27,28). The summed E-state index contributed by atoms with van der Waals surface area (Å²) in [5, 5.41) is 7.44. The van der Waals surface area contributed by atoms with E-state index in [9.17, 15) is 23.2 Å². The van der Waals surface area contributed by atoms with Crippen LogP contribution in [0.15, 0.2) is 48.7 Å². The Bertz CT molecular complexity index is 1010. The van der Waals surface area contributed by atoms with Crippen molar-refractivity contribution < 1.29 is 27.9 Å². The van der Waals surface area contributed by atoms with Gasteiger partial charge in [0.2, 0.25) is 5.91 Å². The molecule has 3 amide bonds. The van der Waals surface area contributed by atoms with Gasteiger partial charge in [-0.15, -0.1) is 0 Å². The predicted octanol–water partition coefficient (Wildman–Crippen LogP) is 3.41. The molecule has 0 spiro atoms. The molecule has 2 aromatic rings. The quantitative estimate of drug-likeness (QED) is 0.544. The molecule has 0 heterocycles. The highest BCUT2D eigenvalue weighted by molar-refractivity contribution is 6.30. The summed E-state index contributed by atoms with van der Waals surface area (Å²) in [6, 6.07) is 7.21. The van der Waals surface area contributed by atoms with Gasteiger partial charge in [-0.25, -0.2) is 8.78 Å². The summed E-state index contributed by atoms with van der Waals surface area (Å²) in [5.74, 6) is -2.68. The van der Waals surface area contributed by atoms with E-state index in [1.807, 2.05) is 0 Å². The van der Waals surface area contributed by atoms with Gasteiger partial charge in [-0.05, 0) is 30.3 Å². The Labute approximate surface area is 182 Å². The lowest BCUT2D eigenvalue weighted by atomic mass is 10.1. The summed E-state index contributed by atoms with van der Waals surface area (Å²) < 4.78 is 32.0. The lowest BCUT2D eigenvalue weighted by molar-refractivity contribution is -0.122. The average molecular weight is 452 g/mol. The Hall–Kier alpha value is -3.46. The molecule has 0 atom stereocenters. The van der Waals surface area contributed by atoms with Gasteiger partial charge < -0.3 is 20.7 Å². The van der Waals surface area contributed by atoms with Crippen molar-refractivity contribution in [3.63, 3.8) is 0 Å². The maximum Gasteiger partial charge on any atom is 0.262 e. The molecule has 0 bridgehead atoms. The Morgan fingerprint density at radius 3 is 2.55 bits per heavy atom. The van der Waals surface area contributed by atoms with Gasteiger partial charge >= 0.3 is 0 Å². The van der Waals surface area contributed by atoms with E-state index in [-0.39, 0.29) is 41.6 Å². The summed E-state index contributed by atoms with van der Waals surface area (Å²) in [5.41, 5.74) is 0.445. The SMILES string of the molecule is C=C(CCNC(=O)c1cc(F)ccc1NC(C)=O)NC(=O)COc1ccc(Cl)c(F)c1. The van der Waals surface area contributed by atoms with Gasteiger partial charge in [0.15, 0.2) is 6.61 Å². The zero-order valence-corrected chi connectivity index (χ0v) is 17.3. The van der Waals surface area contributed by atoms with Crippen LogP contribution < -0.4 is 20.7 Å². The molecule has 0 saturated carbocycles. The van der Waals surface area contributed by atoms with Crippen LogP contribution in [0.2, 0.25) is 5.02 Å². The number of halogens is 3. The molecule has 31 heavy (non-hydrogen) atoms. The van der Waals surface area contributed by atoms with Gasteiger partial charge in [0, 0.05) is 31.7 Å². The molecule has 2 aromatic carbocycles. The number of anilines is 1. The van der Waals surface area contributed by atoms with Crippen molar-refractivity contribution in [2.24, 2.45) is 0 Å². The monoisotopic (exact) mass is 451 g/mol. The summed E-state index contributed by atoms with van der Waals surface area (Å²) >= 11 is 5.57. The summed E-state index contributed by atoms with van der Waals surface area (Å²) in [6.45, 7) is 4.67. The molecule has 2 rings (SSSR count). The summed E-state index contributed by atoms with van der Waals surface area (Å²) in [7, 11) is 0. The van der Waals surface area contributed by atoms with Crippen molar-refractivity contribution in [1.82, 2.24) is 10.6 Å². The van der Waals surface area contributed by atoms with Crippen LogP contribution in [0.4, 0.5) is 14.5 Å². The predicted molar refractivity (Wildman–Crippen MR) is 112 cm³/mol. The molecule has 7 nitrogen and oxygen atoms in total. The minimum Gasteiger partial charge on any atom is -0.484 e. The van der Waals surface area contributed by atoms with E-state index < -0.39 is 29.4 Å². The van der Waals surface area contributed by atoms with Crippen LogP contribution in [0.3, 0.4) is 0 Å². The highest BCUT2D eigenvalue weighted by atomic mass is 35.5. The number of nitrogens with one attached hydrogen (secondary N) is 3. The molecular weight excluding hydrogens is 432 g/mol. The smallest absolute Gasteiger partial charge is 0.262 e. The molecule has 0 aliphatic carbocycles. The molecule has 0 saturated heterocycles. The van der Waals surface area contributed by atoms with Gasteiger partial charge in [0.05, 0.1) is 16.3 Å². The highest BCUT2D eigenvalue weighted by Gasteiger charge is 2.14. The molecule has 0 unspecified atom stereocenters. The van der Waals surface area contributed by atoms with Crippen molar-refractivity contribution in [3.05, 3.63) is 70.9 Å². The molecule has 0 aromatic heterocycles. The number of benzene rings is 2. The third-order valence-corrected chi connectivity index (χ3v) is 4.13. The van der Waals surface area contributed by atoms with Crippen molar-refractivity contribution >= 4 is 35.0 Å². The summed E-state index contributed by atoms with van der Waals surface area (Å²) in [6.07, 6.45) is 0.192. The van der Waals surface area contributed by atoms with Crippen LogP contribution in [0.1, 0.15) is 23.7 Å². The van der Waals surface area contributed by atoms with Gasteiger partial charge in [0.1, 0.15) is 17.4 Å². The minimum absolute atomic E-state index is 0.0338. The fourth-order valence-electron chi connectivity index (χ4n) is 2.44.